The maximum Gasteiger partial charge on any atom is 0.417 e. The Labute approximate surface area is 224 Å². The molecular formula is C27H32Cl2F6N2. The highest BCUT2D eigenvalue weighted by molar-refractivity contribution is 6.31. The Morgan fingerprint density at radius 2 is 1.19 bits per heavy atom. The van der Waals surface area contributed by atoms with Crippen molar-refractivity contribution in [2.24, 2.45) is 0 Å². The van der Waals surface area contributed by atoms with Gasteiger partial charge in [0.25, 0.3) is 0 Å². The van der Waals surface area contributed by atoms with Gasteiger partial charge in [0.05, 0.1) is 21.2 Å². The Balaban J connectivity index is 0.000000208. The van der Waals surface area contributed by atoms with E-state index < -0.39 is 23.5 Å². The molecule has 1 N–H and O–H groups in total. The fourth-order valence-electron chi connectivity index (χ4n) is 4.99. The Hall–Kier alpha value is -1.48. The Bertz CT molecular complexity index is 1010. The first kappa shape index (κ1) is 30.1. The molecule has 0 unspecified atom stereocenters. The van der Waals surface area contributed by atoms with E-state index in [-0.39, 0.29) is 21.9 Å². The molecule has 2 saturated heterocycles. The van der Waals surface area contributed by atoms with E-state index in [0.29, 0.717) is 0 Å². The number of rotatable bonds is 4. The Morgan fingerprint density at radius 1 is 0.757 bits per heavy atom. The zero-order valence-corrected chi connectivity index (χ0v) is 22.2. The van der Waals surface area contributed by atoms with Gasteiger partial charge in [-0.3, -0.25) is 0 Å². The number of likely N-dealkylation sites (tertiary alicyclic amines) is 1. The van der Waals surface area contributed by atoms with Crippen LogP contribution >= 0.6 is 23.2 Å². The molecule has 2 nitrogen and oxygen atoms in total. The lowest BCUT2D eigenvalue weighted by Crippen LogP contribution is -2.33. The molecule has 0 atom stereocenters. The molecule has 0 saturated carbocycles. The molecule has 2 aromatic carbocycles. The molecule has 0 aromatic heterocycles. The quantitative estimate of drug-likeness (QED) is 0.371. The van der Waals surface area contributed by atoms with Crippen LogP contribution in [0.15, 0.2) is 36.4 Å². The molecule has 4 rings (SSSR count). The lowest BCUT2D eigenvalue weighted by molar-refractivity contribution is -0.138. The highest BCUT2D eigenvalue weighted by Crippen LogP contribution is 2.39. The van der Waals surface area contributed by atoms with Gasteiger partial charge < -0.3 is 10.2 Å². The lowest BCUT2D eigenvalue weighted by Gasteiger charge is -2.32. The summed E-state index contributed by atoms with van der Waals surface area (Å²) in [7, 11) is 0. The van der Waals surface area contributed by atoms with Gasteiger partial charge in [-0.05, 0) is 112 Å². The van der Waals surface area contributed by atoms with Crippen LogP contribution < -0.4 is 5.32 Å². The lowest BCUT2D eigenvalue weighted by atomic mass is 9.88. The van der Waals surface area contributed by atoms with Gasteiger partial charge in [-0.15, -0.1) is 0 Å². The number of nitrogens with zero attached hydrogens (tertiary/aromatic N) is 1. The summed E-state index contributed by atoms with van der Waals surface area (Å²) in [5.74, 6) is 0.413. The SMILES string of the molecule is CCCN1CCC(c2ccc(Cl)c(C(F)(F)F)c2)CC1.FC(F)(F)c1cc(C2CCNCC2)ccc1Cl. The summed E-state index contributed by atoms with van der Waals surface area (Å²) in [5, 5.41) is 2.75. The predicted octanol–water partition coefficient (Wildman–Crippen LogP) is 8.77. The van der Waals surface area contributed by atoms with Crippen LogP contribution in [0.5, 0.6) is 0 Å². The van der Waals surface area contributed by atoms with Crippen molar-refractivity contribution < 1.29 is 26.3 Å². The maximum absolute atomic E-state index is 12.9. The van der Waals surface area contributed by atoms with Gasteiger partial charge in [0.1, 0.15) is 0 Å². The fraction of sp³-hybridized carbons (Fsp3) is 0.556. The number of piperidine rings is 2. The third-order valence-electron chi connectivity index (χ3n) is 7.00. The second kappa shape index (κ2) is 13.0. The van der Waals surface area contributed by atoms with E-state index in [1.54, 1.807) is 12.1 Å². The van der Waals surface area contributed by atoms with E-state index >= 15 is 0 Å². The second-order valence-corrected chi connectivity index (χ2v) is 10.4. The van der Waals surface area contributed by atoms with Crippen molar-refractivity contribution in [2.45, 2.75) is 63.2 Å². The van der Waals surface area contributed by atoms with Gasteiger partial charge in [0.2, 0.25) is 0 Å². The molecule has 2 aromatic rings. The molecule has 0 spiro atoms. The summed E-state index contributed by atoms with van der Waals surface area (Å²) in [6, 6.07) is 8.58. The minimum absolute atomic E-state index is 0.203. The topological polar surface area (TPSA) is 15.3 Å². The van der Waals surface area contributed by atoms with E-state index in [0.717, 1.165) is 76.0 Å². The Morgan fingerprint density at radius 3 is 1.59 bits per heavy atom. The zero-order chi connectivity index (χ0) is 27.2. The van der Waals surface area contributed by atoms with Crippen LogP contribution in [0.1, 0.15) is 73.1 Å². The van der Waals surface area contributed by atoms with Gasteiger partial charge in [0, 0.05) is 0 Å². The van der Waals surface area contributed by atoms with E-state index in [1.807, 2.05) is 0 Å². The van der Waals surface area contributed by atoms with Gasteiger partial charge in [0.15, 0.2) is 0 Å². The maximum atomic E-state index is 12.9. The first-order chi connectivity index (χ1) is 17.4. The predicted molar refractivity (Wildman–Crippen MR) is 136 cm³/mol. The van der Waals surface area contributed by atoms with Crippen molar-refractivity contribution >= 4 is 23.2 Å². The first-order valence-electron chi connectivity index (χ1n) is 12.6. The molecule has 2 heterocycles. The molecule has 0 aliphatic carbocycles. The zero-order valence-electron chi connectivity index (χ0n) is 20.7. The average Bonchev–Trinajstić information content (AvgIpc) is 2.85. The minimum atomic E-state index is -4.38. The monoisotopic (exact) mass is 568 g/mol. The van der Waals surface area contributed by atoms with Gasteiger partial charge in [-0.1, -0.05) is 42.3 Å². The van der Waals surface area contributed by atoms with Crippen LogP contribution in [-0.4, -0.2) is 37.6 Å². The van der Waals surface area contributed by atoms with E-state index in [1.165, 1.54) is 24.3 Å². The number of hydrogen-bond donors (Lipinski definition) is 1. The van der Waals surface area contributed by atoms with Gasteiger partial charge >= 0.3 is 12.4 Å². The van der Waals surface area contributed by atoms with Gasteiger partial charge in [-0.2, -0.15) is 26.3 Å². The van der Waals surface area contributed by atoms with E-state index in [4.69, 9.17) is 23.2 Å². The molecule has 0 amide bonds. The Kier molecular flexibility index (Phi) is 10.6. The van der Waals surface area contributed by atoms with Crippen molar-refractivity contribution in [3.8, 4) is 0 Å². The van der Waals surface area contributed by atoms with Crippen molar-refractivity contribution in [1.29, 1.82) is 0 Å². The van der Waals surface area contributed by atoms with Crippen LogP contribution in [0.25, 0.3) is 0 Å². The molecule has 2 aliphatic rings. The molecular weight excluding hydrogens is 537 g/mol. The normalized spacial score (nSPS) is 18.4. The second-order valence-electron chi connectivity index (χ2n) is 9.61. The summed E-state index contributed by atoms with van der Waals surface area (Å²) in [6.45, 7) is 6.84. The number of benzene rings is 2. The highest BCUT2D eigenvalue weighted by Gasteiger charge is 2.35. The molecule has 0 radical (unpaired) electrons. The van der Waals surface area contributed by atoms with Crippen molar-refractivity contribution in [2.75, 3.05) is 32.7 Å². The van der Waals surface area contributed by atoms with E-state index in [2.05, 4.69) is 17.1 Å². The number of nitrogens with one attached hydrogen (secondary N) is 1. The van der Waals surface area contributed by atoms with Crippen molar-refractivity contribution in [3.05, 3.63) is 68.7 Å². The number of hydrogen-bond acceptors (Lipinski definition) is 2. The average molecular weight is 569 g/mol. The molecule has 0 bridgehead atoms. The first-order valence-corrected chi connectivity index (χ1v) is 13.3. The summed E-state index contributed by atoms with van der Waals surface area (Å²) < 4.78 is 76.7. The van der Waals surface area contributed by atoms with Crippen LogP contribution in [-0.2, 0) is 12.4 Å². The minimum Gasteiger partial charge on any atom is -0.317 e. The highest BCUT2D eigenvalue weighted by atomic mass is 35.5. The van der Waals surface area contributed by atoms with Crippen LogP contribution in [0.4, 0.5) is 26.3 Å². The van der Waals surface area contributed by atoms with Crippen molar-refractivity contribution in [1.82, 2.24) is 10.2 Å². The molecule has 2 fully saturated rings. The fourth-order valence-corrected chi connectivity index (χ4v) is 5.44. The molecule has 206 valence electrons. The van der Waals surface area contributed by atoms with Crippen LogP contribution in [0, 0.1) is 0 Å². The van der Waals surface area contributed by atoms with Crippen LogP contribution in [0.3, 0.4) is 0 Å². The third kappa shape index (κ3) is 8.50. The molecule has 37 heavy (non-hydrogen) atoms. The molecule has 10 heteroatoms. The summed E-state index contributed by atoms with van der Waals surface area (Å²) >= 11 is 11.2. The molecule has 2 aliphatic heterocycles. The summed E-state index contributed by atoms with van der Waals surface area (Å²) in [4.78, 5) is 2.37. The number of halogens is 8. The summed E-state index contributed by atoms with van der Waals surface area (Å²) in [5.41, 5.74) is 0.0592. The standard InChI is InChI=1S/C15H19ClF3N.C12H13ClF3N/c1-2-7-20-8-5-11(6-9-20)12-3-4-14(16)13(10-12)15(17,18)19;13-11-2-1-9(7-10(11)12(14,15)16)8-3-5-17-6-4-8/h3-4,10-11H,2,5-9H2,1H3;1-2,7-8,17H,3-6H2. The van der Waals surface area contributed by atoms with Gasteiger partial charge in [-0.25, -0.2) is 0 Å². The number of alkyl halides is 6. The largest absolute Gasteiger partial charge is 0.417 e. The van der Waals surface area contributed by atoms with E-state index in [9.17, 15) is 26.3 Å². The summed E-state index contributed by atoms with van der Waals surface area (Å²) in [6.07, 6.45) is -4.06. The van der Waals surface area contributed by atoms with Crippen LogP contribution in [0.2, 0.25) is 10.0 Å². The van der Waals surface area contributed by atoms with Crippen molar-refractivity contribution in [3.63, 3.8) is 0 Å². The third-order valence-corrected chi connectivity index (χ3v) is 7.66. The smallest absolute Gasteiger partial charge is 0.317 e.